The van der Waals surface area contributed by atoms with E-state index in [0.717, 1.165) is 12.8 Å². The first kappa shape index (κ1) is 11.1. The van der Waals surface area contributed by atoms with Gasteiger partial charge in [0.2, 0.25) is 0 Å². The number of rotatable bonds is 3. The second-order valence-corrected chi connectivity index (χ2v) is 4.22. The third-order valence-electron chi connectivity index (χ3n) is 2.94. The van der Waals surface area contributed by atoms with Gasteiger partial charge in [0.15, 0.2) is 5.78 Å². The van der Waals surface area contributed by atoms with E-state index in [4.69, 9.17) is 0 Å². The maximum absolute atomic E-state index is 12.7. The van der Waals surface area contributed by atoms with Crippen molar-refractivity contribution >= 4 is 5.78 Å². The van der Waals surface area contributed by atoms with Crippen LogP contribution in [0, 0.1) is 5.82 Å². The molecule has 1 nitrogen and oxygen atoms in total. The Hall–Kier alpha value is -1.44. The number of carbonyl (C=O) groups excluding carboxylic acids is 1. The van der Waals surface area contributed by atoms with Crippen molar-refractivity contribution in [3.8, 4) is 0 Å². The van der Waals surface area contributed by atoms with E-state index in [2.05, 4.69) is 6.08 Å². The van der Waals surface area contributed by atoms with Crippen LogP contribution in [0.4, 0.5) is 4.39 Å². The summed E-state index contributed by atoms with van der Waals surface area (Å²) in [7, 11) is 0. The van der Waals surface area contributed by atoms with Crippen molar-refractivity contribution in [2.24, 2.45) is 0 Å². The van der Waals surface area contributed by atoms with E-state index >= 15 is 0 Å². The molecule has 0 spiro atoms. The van der Waals surface area contributed by atoms with Crippen LogP contribution in [-0.2, 0) is 0 Å². The molecule has 0 unspecified atom stereocenters. The van der Waals surface area contributed by atoms with Crippen molar-refractivity contribution in [1.29, 1.82) is 0 Å². The van der Waals surface area contributed by atoms with Gasteiger partial charge in [0.25, 0.3) is 0 Å². The van der Waals surface area contributed by atoms with Crippen LogP contribution in [0.25, 0.3) is 0 Å². The normalized spacial score (nSPS) is 15.7. The molecular weight excluding hydrogens is 203 g/mol. The number of benzene rings is 1. The molecule has 0 saturated heterocycles. The molecule has 0 saturated carbocycles. The Balaban J connectivity index is 2.02. The number of carbonyl (C=O) groups is 1. The monoisotopic (exact) mass is 218 g/mol. The van der Waals surface area contributed by atoms with E-state index in [9.17, 15) is 9.18 Å². The molecule has 0 aromatic heterocycles. The number of hydrogen-bond donors (Lipinski definition) is 0. The maximum Gasteiger partial charge on any atom is 0.166 e. The molecule has 2 rings (SSSR count). The fourth-order valence-electron chi connectivity index (χ4n) is 2.01. The van der Waals surface area contributed by atoms with Gasteiger partial charge in [-0.25, -0.2) is 4.39 Å². The largest absolute Gasteiger partial charge is 0.294 e. The number of ketones is 1. The second-order valence-electron chi connectivity index (χ2n) is 4.22. The van der Waals surface area contributed by atoms with Gasteiger partial charge in [-0.3, -0.25) is 4.79 Å². The number of halogens is 1. The highest BCUT2D eigenvalue weighted by Gasteiger charge is 2.10. The zero-order valence-electron chi connectivity index (χ0n) is 9.21. The first-order valence-corrected chi connectivity index (χ1v) is 5.72. The van der Waals surface area contributed by atoms with Crippen molar-refractivity contribution in [3.63, 3.8) is 0 Å². The zero-order valence-corrected chi connectivity index (χ0v) is 9.21. The summed E-state index contributed by atoms with van der Waals surface area (Å²) < 4.78 is 12.7. The lowest BCUT2D eigenvalue weighted by Gasteiger charge is -2.11. The van der Waals surface area contributed by atoms with E-state index in [0.29, 0.717) is 12.0 Å². The van der Waals surface area contributed by atoms with E-state index in [1.807, 2.05) is 0 Å². The third-order valence-corrected chi connectivity index (χ3v) is 2.94. The van der Waals surface area contributed by atoms with Crippen molar-refractivity contribution in [3.05, 3.63) is 47.3 Å². The van der Waals surface area contributed by atoms with Crippen molar-refractivity contribution in [2.45, 2.75) is 32.1 Å². The van der Waals surface area contributed by atoms with Gasteiger partial charge in [0.1, 0.15) is 5.82 Å². The molecule has 84 valence electrons. The SMILES string of the molecule is O=C(CC1=CCCCC1)c1ccc(F)cc1. The Morgan fingerprint density at radius 3 is 2.56 bits per heavy atom. The average Bonchev–Trinajstić information content (AvgIpc) is 2.31. The minimum Gasteiger partial charge on any atom is -0.294 e. The van der Waals surface area contributed by atoms with Gasteiger partial charge in [-0.05, 0) is 49.9 Å². The van der Waals surface area contributed by atoms with Gasteiger partial charge in [0.05, 0.1) is 0 Å². The summed E-state index contributed by atoms with van der Waals surface area (Å²) in [6.07, 6.45) is 7.20. The molecule has 1 aliphatic carbocycles. The Morgan fingerprint density at radius 1 is 1.19 bits per heavy atom. The van der Waals surface area contributed by atoms with Crippen LogP contribution in [0.2, 0.25) is 0 Å². The summed E-state index contributed by atoms with van der Waals surface area (Å²) in [6.45, 7) is 0. The summed E-state index contributed by atoms with van der Waals surface area (Å²) in [6, 6.07) is 5.78. The topological polar surface area (TPSA) is 17.1 Å². The predicted octanol–water partition coefficient (Wildman–Crippen LogP) is 3.90. The van der Waals surface area contributed by atoms with Gasteiger partial charge >= 0.3 is 0 Å². The van der Waals surface area contributed by atoms with Gasteiger partial charge in [-0.2, -0.15) is 0 Å². The third kappa shape index (κ3) is 2.78. The molecule has 0 atom stereocenters. The minimum absolute atomic E-state index is 0.0909. The molecule has 0 heterocycles. The molecule has 0 fully saturated rings. The molecule has 1 aromatic carbocycles. The van der Waals surface area contributed by atoms with Gasteiger partial charge in [-0.1, -0.05) is 11.6 Å². The highest BCUT2D eigenvalue weighted by molar-refractivity contribution is 5.97. The summed E-state index contributed by atoms with van der Waals surface area (Å²) in [5, 5.41) is 0. The fourth-order valence-corrected chi connectivity index (χ4v) is 2.01. The highest BCUT2D eigenvalue weighted by Crippen LogP contribution is 2.21. The van der Waals surface area contributed by atoms with Crippen molar-refractivity contribution in [2.75, 3.05) is 0 Å². The standard InChI is InChI=1S/C14H15FO/c15-13-8-6-12(7-9-13)14(16)10-11-4-2-1-3-5-11/h4,6-9H,1-3,5,10H2. The van der Waals surface area contributed by atoms with Crippen LogP contribution in [-0.4, -0.2) is 5.78 Å². The summed E-state index contributed by atoms with van der Waals surface area (Å²) in [5.74, 6) is -0.207. The number of allylic oxidation sites excluding steroid dienone is 2. The molecule has 0 aliphatic heterocycles. The second kappa shape index (κ2) is 5.06. The van der Waals surface area contributed by atoms with Crippen molar-refractivity contribution < 1.29 is 9.18 Å². The predicted molar refractivity (Wildman–Crippen MR) is 61.9 cm³/mol. The van der Waals surface area contributed by atoms with E-state index in [1.165, 1.54) is 30.5 Å². The summed E-state index contributed by atoms with van der Waals surface area (Å²) >= 11 is 0. The summed E-state index contributed by atoms with van der Waals surface area (Å²) in [4.78, 5) is 11.9. The first-order chi connectivity index (χ1) is 7.75. The van der Waals surface area contributed by atoms with Crippen LogP contribution < -0.4 is 0 Å². The highest BCUT2D eigenvalue weighted by atomic mass is 19.1. The molecule has 16 heavy (non-hydrogen) atoms. The lowest BCUT2D eigenvalue weighted by atomic mass is 9.94. The molecule has 0 N–H and O–H groups in total. The van der Waals surface area contributed by atoms with Crippen LogP contribution in [0.3, 0.4) is 0 Å². The summed E-state index contributed by atoms with van der Waals surface area (Å²) in [5.41, 5.74) is 1.84. The van der Waals surface area contributed by atoms with Gasteiger partial charge < -0.3 is 0 Å². The average molecular weight is 218 g/mol. The fraction of sp³-hybridized carbons (Fsp3) is 0.357. The Labute approximate surface area is 95.0 Å². The molecule has 1 aromatic rings. The van der Waals surface area contributed by atoms with E-state index in [-0.39, 0.29) is 11.6 Å². The first-order valence-electron chi connectivity index (χ1n) is 5.72. The molecule has 0 radical (unpaired) electrons. The number of hydrogen-bond acceptors (Lipinski definition) is 1. The zero-order chi connectivity index (χ0) is 11.4. The quantitative estimate of drug-likeness (QED) is 0.555. The Morgan fingerprint density at radius 2 is 1.94 bits per heavy atom. The molecule has 2 heteroatoms. The molecule has 0 bridgehead atoms. The van der Waals surface area contributed by atoms with E-state index < -0.39 is 0 Å². The van der Waals surface area contributed by atoms with Gasteiger partial charge in [-0.15, -0.1) is 0 Å². The van der Waals surface area contributed by atoms with Crippen LogP contribution >= 0.6 is 0 Å². The lowest BCUT2D eigenvalue weighted by molar-refractivity contribution is 0.0991. The van der Waals surface area contributed by atoms with Gasteiger partial charge in [0, 0.05) is 12.0 Å². The van der Waals surface area contributed by atoms with Crippen molar-refractivity contribution in [1.82, 2.24) is 0 Å². The molecular formula is C14H15FO. The van der Waals surface area contributed by atoms with E-state index in [1.54, 1.807) is 12.1 Å². The Bertz CT molecular complexity index is 403. The van der Waals surface area contributed by atoms with Crippen LogP contribution in [0.15, 0.2) is 35.9 Å². The Kier molecular flexibility index (Phi) is 3.50. The number of Topliss-reactive ketones (excluding diaryl/α,β-unsaturated/α-hetero) is 1. The maximum atomic E-state index is 12.7. The lowest BCUT2D eigenvalue weighted by Crippen LogP contribution is -2.03. The van der Waals surface area contributed by atoms with Crippen LogP contribution in [0.1, 0.15) is 42.5 Å². The molecule has 0 amide bonds. The van der Waals surface area contributed by atoms with Crippen LogP contribution in [0.5, 0.6) is 0 Å². The minimum atomic E-state index is -0.298. The molecule has 1 aliphatic rings. The smallest absolute Gasteiger partial charge is 0.166 e.